The molecule has 2 aromatic rings. The summed E-state index contributed by atoms with van der Waals surface area (Å²) in [6.45, 7) is 1.94. The summed E-state index contributed by atoms with van der Waals surface area (Å²) in [5.41, 5.74) is 1.09. The van der Waals surface area contributed by atoms with Crippen molar-refractivity contribution >= 4 is 0 Å². The van der Waals surface area contributed by atoms with Crippen LogP contribution in [0.2, 0.25) is 0 Å². The first-order chi connectivity index (χ1) is 7.18. The van der Waals surface area contributed by atoms with Gasteiger partial charge < -0.3 is 10.2 Å². The molecule has 0 aliphatic heterocycles. The summed E-state index contributed by atoms with van der Waals surface area (Å²) in [5.74, 6) is 0.660. The first-order valence-corrected chi connectivity index (χ1v) is 4.68. The van der Waals surface area contributed by atoms with E-state index in [1.54, 1.807) is 36.4 Å². The van der Waals surface area contributed by atoms with E-state index in [9.17, 15) is 0 Å². The van der Waals surface area contributed by atoms with E-state index in [0.29, 0.717) is 11.5 Å². The molecule has 16 heavy (non-hydrogen) atoms. The summed E-state index contributed by atoms with van der Waals surface area (Å²) in [4.78, 5) is 0. The minimum Gasteiger partial charge on any atom is -0.508 e. The van der Waals surface area contributed by atoms with E-state index in [-0.39, 0.29) is 19.5 Å². The van der Waals surface area contributed by atoms with Gasteiger partial charge >= 0.3 is 0 Å². The number of aromatic hydroxyl groups is 2. The maximum atomic E-state index is 8.81. The Morgan fingerprint density at radius 3 is 1.62 bits per heavy atom. The second-order valence-corrected chi connectivity index (χ2v) is 3.17. The SMILES string of the molecule is Cc1cccc(O)c1.Oc1ccccc1.[Zn]. The van der Waals surface area contributed by atoms with Gasteiger partial charge in [-0.1, -0.05) is 30.3 Å². The molecule has 0 spiro atoms. The Bertz CT molecular complexity index is 384. The van der Waals surface area contributed by atoms with E-state index in [4.69, 9.17) is 10.2 Å². The van der Waals surface area contributed by atoms with Crippen LogP contribution in [0.15, 0.2) is 54.6 Å². The molecule has 0 amide bonds. The molecule has 0 unspecified atom stereocenters. The molecule has 0 saturated heterocycles. The number of para-hydroxylation sites is 1. The Kier molecular flexibility index (Phi) is 7.23. The maximum Gasteiger partial charge on any atom is 0.115 e. The second kappa shape index (κ2) is 7.89. The number of rotatable bonds is 0. The van der Waals surface area contributed by atoms with Crippen molar-refractivity contribution in [1.82, 2.24) is 0 Å². The third-order valence-electron chi connectivity index (χ3n) is 1.76. The molecule has 0 radical (unpaired) electrons. The third-order valence-corrected chi connectivity index (χ3v) is 1.76. The van der Waals surface area contributed by atoms with Crippen LogP contribution in [0.1, 0.15) is 5.56 Å². The van der Waals surface area contributed by atoms with Gasteiger partial charge in [0, 0.05) is 19.5 Å². The molecule has 0 aliphatic rings. The van der Waals surface area contributed by atoms with Crippen molar-refractivity contribution in [3.63, 3.8) is 0 Å². The van der Waals surface area contributed by atoms with Gasteiger partial charge in [-0.25, -0.2) is 0 Å². The van der Waals surface area contributed by atoms with E-state index < -0.39 is 0 Å². The molecule has 0 aromatic heterocycles. The fourth-order valence-electron chi connectivity index (χ4n) is 1.06. The minimum absolute atomic E-state index is 0. The molecule has 80 valence electrons. The number of hydrogen-bond donors (Lipinski definition) is 2. The molecule has 0 heterocycles. The van der Waals surface area contributed by atoms with Crippen LogP contribution in [0.5, 0.6) is 11.5 Å². The Hall–Kier alpha value is -1.34. The Balaban J connectivity index is 0.000000267. The monoisotopic (exact) mass is 266 g/mol. The Labute approximate surface area is 108 Å². The van der Waals surface area contributed by atoms with Crippen LogP contribution in [0.3, 0.4) is 0 Å². The summed E-state index contributed by atoms with van der Waals surface area (Å²) in [6, 6.07) is 15.9. The topological polar surface area (TPSA) is 40.5 Å². The average Bonchev–Trinajstić information content (AvgIpc) is 2.19. The van der Waals surface area contributed by atoms with Gasteiger partial charge in [0.15, 0.2) is 0 Å². The quantitative estimate of drug-likeness (QED) is 0.720. The first kappa shape index (κ1) is 14.7. The maximum absolute atomic E-state index is 8.81. The standard InChI is InChI=1S/C7H8O.C6H6O.Zn/c1-6-3-2-4-7(8)5-6;7-6-4-2-1-3-5-6;/h2-5,8H,1H3;1-5,7H;. The van der Waals surface area contributed by atoms with Crippen molar-refractivity contribution in [2.45, 2.75) is 6.92 Å². The number of aryl methyl sites for hydroxylation is 1. The fourth-order valence-corrected chi connectivity index (χ4v) is 1.06. The van der Waals surface area contributed by atoms with Gasteiger partial charge in [0.05, 0.1) is 0 Å². The molecule has 0 fully saturated rings. The summed E-state index contributed by atoms with van der Waals surface area (Å²) >= 11 is 0. The van der Waals surface area contributed by atoms with Crippen LogP contribution in [-0.2, 0) is 19.5 Å². The zero-order valence-corrected chi connectivity index (χ0v) is 12.3. The Morgan fingerprint density at radius 1 is 0.750 bits per heavy atom. The van der Waals surface area contributed by atoms with Gasteiger partial charge in [-0.05, 0) is 36.8 Å². The smallest absolute Gasteiger partial charge is 0.115 e. The van der Waals surface area contributed by atoms with Crippen LogP contribution >= 0.6 is 0 Å². The zero-order chi connectivity index (χ0) is 11.1. The summed E-state index contributed by atoms with van der Waals surface area (Å²) < 4.78 is 0. The van der Waals surface area contributed by atoms with Crippen LogP contribution in [-0.4, -0.2) is 10.2 Å². The van der Waals surface area contributed by atoms with Gasteiger partial charge in [-0.2, -0.15) is 0 Å². The largest absolute Gasteiger partial charge is 0.508 e. The van der Waals surface area contributed by atoms with E-state index in [0.717, 1.165) is 5.56 Å². The minimum atomic E-state index is 0. The fraction of sp³-hybridized carbons (Fsp3) is 0.0769. The predicted octanol–water partition coefficient (Wildman–Crippen LogP) is 3.09. The van der Waals surface area contributed by atoms with Crippen molar-refractivity contribution in [2.24, 2.45) is 0 Å². The van der Waals surface area contributed by atoms with Crippen molar-refractivity contribution in [2.75, 3.05) is 0 Å². The van der Waals surface area contributed by atoms with E-state index >= 15 is 0 Å². The normalized spacial score (nSPS) is 8.31. The van der Waals surface area contributed by atoms with Crippen molar-refractivity contribution in [3.05, 3.63) is 60.2 Å². The molecule has 0 aliphatic carbocycles. The van der Waals surface area contributed by atoms with Gasteiger partial charge in [-0.3, -0.25) is 0 Å². The van der Waals surface area contributed by atoms with Gasteiger partial charge in [0.2, 0.25) is 0 Å². The molecule has 2 rings (SSSR count). The van der Waals surface area contributed by atoms with Crippen molar-refractivity contribution < 1.29 is 29.7 Å². The molecule has 2 N–H and O–H groups in total. The second-order valence-electron chi connectivity index (χ2n) is 3.17. The van der Waals surface area contributed by atoms with Crippen molar-refractivity contribution in [1.29, 1.82) is 0 Å². The first-order valence-electron chi connectivity index (χ1n) is 4.68. The summed E-state index contributed by atoms with van der Waals surface area (Å²) in [6.07, 6.45) is 0. The molecule has 2 aromatic carbocycles. The predicted molar refractivity (Wildman–Crippen MR) is 61.0 cm³/mol. The van der Waals surface area contributed by atoms with E-state index in [1.165, 1.54) is 0 Å². The zero-order valence-electron chi connectivity index (χ0n) is 9.30. The van der Waals surface area contributed by atoms with Crippen LogP contribution in [0.4, 0.5) is 0 Å². The van der Waals surface area contributed by atoms with Gasteiger partial charge in [0.1, 0.15) is 11.5 Å². The van der Waals surface area contributed by atoms with E-state index in [2.05, 4.69) is 0 Å². The summed E-state index contributed by atoms with van der Waals surface area (Å²) in [5, 5.41) is 17.4. The van der Waals surface area contributed by atoms with Crippen LogP contribution in [0, 0.1) is 6.92 Å². The number of phenols is 2. The number of hydrogen-bond acceptors (Lipinski definition) is 2. The molecule has 2 nitrogen and oxygen atoms in total. The van der Waals surface area contributed by atoms with Gasteiger partial charge in [-0.15, -0.1) is 0 Å². The molecular weight excluding hydrogens is 254 g/mol. The van der Waals surface area contributed by atoms with Crippen LogP contribution in [0.25, 0.3) is 0 Å². The van der Waals surface area contributed by atoms with Crippen molar-refractivity contribution in [3.8, 4) is 11.5 Å². The summed E-state index contributed by atoms with van der Waals surface area (Å²) in [7, 11) is 0. The number of benzene rings is 2. The van der Waals surface area contributed by atoms with Gasteiger partial charge in [0.25, 0.3) is 0 Å². The number of phenolic OH excluding ortho intramolecular Hbond substituents is 2. The van der Waals surface area contributed by atoms with Crippen LogP contribution < -0.4 is 0 Å². The van der Waals surface area contributed by atoms with E-state index in [1.807, 2.05) is 25.1 Å². The molecular formula is C13H14O2Zn. The molecule has 0 saturated carbocycles. The molecule has 0 bridgehead atoms. The third kappa shape index (κ3) is 6.20. The average molecular weight is 268 g/mol. The molecule has 3 heteroatoms. The molecule has 0 atom stereocenters. The Morgan fingerprint density at radius 2 is 1.31 bits per heavy atom.